The molecule has 10 heteroatoms. The van der Waals surface area contributed by atoms with E-state index < -0.39 is 0 Å². The van der Waals surface area contributed by atoms with Gasteiger partial charge in [-0.1, -0.05) is 11.6 Å². The Morgan fingerprint density at radius 2 is 1.90 bits per heavy atom. The Balaban J connectivity index is 1.58. The molecule has 0 radical (unpaired) electrons. The number of aryl methyl sites for hydroxylation is 1. The standard InChI is InChI=1S/C30H28ClN7O2/c1-19-12-26-23(14-25(19)37-29(39)7-5-11-38(2)3)30(21(16-33)17-35-26)36-22-8-9-28(24(31)13-22)40-18-27-20(15-32)6-4-10-34-27/h4,6,8-10,12-14,17H,5,7,11,18H2,1-3H3,(H,35,36)(H,37,39). The van der Waals surface area contributed by atoms with Gasteiger partial charge in [-0.2, -0.15) is 10.5 Å². The summed E-state index contributed by atoms with van der Waals surface area (Å²) in [7, 11) is 3.95. The zero-order chi connectivity index (χ0) is 28.6. The van der Waals surface area contributed by atoms with E-state index in [-0.39, 0.29) is 12.5 Å². The predicted molar refractivity (Wildman–Crippen MR) is 156 cm³/mol. The first-order chi connectivity index (χ1) is 19.3. The van der Waals surface area contributed by atoms with E-state index in [1.165, 1.54) is 6.20 Å². The van der Waals surface area contributed by atoms with Crippen molar-refractivity contribution >= 4 is 45.5 Å². The van der Waals surface area contributed by atoms with Crippen LogP contribution in [0.5, 0.6) is 5.75 Å². The summed E-state index contributed by atoms with van der Waals surface area (Å²) in [5.41, 5.74) is 4.68. The molecule has 0 atom stereocenters. The molecular weight excluding hydrogens is 526 g/mol. The second kappa shape index (κ2) is 12.9. The van der Waals surface area contributed by atoms with Gasteiger partial charge in [0.05, 0.1) is 33.0 Å². The van der Waals surface area contributed by atoms with Crippen molar-refractivity contribution in [2.24, 2.45) is 0 Å². The molecule has 9 nitrogen and oxygen atoms in total. The molecule has 2 N–H and O–H groups in total. The molecular formula is C30H28ClN7O2. The lowest BCUT2D eigenvalue weighted by Gasteiger charge is -2.16. The van der Waals surface area contributed by atoms with Gasteiger partial charge in [-0.05, 0) is 82.0 Å². The van der Waals surface area contributed by atoms with E-state index in [9.17, 15) is 15.3 Å². The molecule has 0 saturated heterocycles. The quantitative estimate of drug-likeness (QED) is 0.247. The Morgan fingerprint density at radius 3 is 2.62 bits per heavy atom. The van der Waals surface area contributed by atoms with Gasteiger partial charge in [0.25, 0.3) is 0 Å². The third kappa shape index (κ3) is 6.83. The first kappa shape index (κ1) is 28.3. The van der Waals surface area contributed by atoms with Crippen LogP contribution in [0.4, 0.5) is 17.1 Å². The highest BCUT2D eigenvalue weighted by Crippen LogP contribution is 2.35. The summed E-state index contributed by atoms with van der Waals surface area (Å²) in [6.07, 6.45) is 4.27. The fraction of sp³-hybridized carbons (Fsp3) is 0.233. The number of hydrogen-bond acceptors (Lipinski definition) is 8. The van der Waals surface area contributed by atoms with E-state index in [1.807, 2.05) is 38.1 Å². The molecule has 0 fully saturated rings. The topological polar surface area (TPSA) is 127 Å². The van der Waals surface area contributed by atoms with Crippen molar-refractivity contribution in [2.75, 3.05) is 31.3 Å². The highest BCUT2D eigenvalue weighted by atomic mass is 35.5. The van der Waals surface area contributed by atoms with Crippen molar-refractivity contribution in [1.82, 2.24) is 14.9 Å². The molecule has 0 aliphatic heterocycles. The molecule has 4 aromatic rings. The zero-order valence-corrected chi connectivity index (χ0v) is 23.2. The molecule has 0 unspecified atom stereocenters. The van der Waals surface area contributed by atoms with Gasteiger partial charge < -0.3 is 20.3 Å². The number of halogens is 1. The fourth-order valence-electron chi connectivity index (χ4n) is 4.11. The minimum atomic E-state index is -0.0711. The van der Waals surface area contributed by atoms with Gasteiger partial charge >= 0.3 is 0 Å². The number of carbonyl (C=O) groups excluding carboxylic acids is 1. The van der Waals surface area contributed by atoms with Crippen molar-refractivity contribution in [3.05, 3.63) is 82.3 Å². The third-order valence-electron chi connectivity index (χ3n) is 6.19. The molecule has 0 aliphatic rings. The molecule has 0 bridgehead atoms. The van der Waals surface area contributed by atoms with Crippen LogP contribution in [-0.4, -0.2) is 41.4 Å². The number of aromatic nitrogens is 2. The van der Waals surface area contributed by atoms with Crippen molar-refractivity contribution < 1.29 is 9.53 Å². The molecule has 0 spiro atoms. The second-order valence-electron chi connectivity index (χ2n) is 9.47. The van der Waals surface area contributed by atoms with E-state index in [1.54, 1.807) is 36.5 Å². The lowest BCUT2D eigenvalue weighted by Crippen LogP contribution is -2.17. The van der Waals surface area contributed by atoms with Crippen molar-refractivity contribution in [2.45, 2.75) is 26.4 Å². The van der Waals surface area contributed by atoms with Crippen LogP contribution < -0.4 is 15.4 Å². The van der Waals surface area contributed by atoms with Crippen molar-refractivity contribution in [3.63, 3.8) is 0 Å². The number of amides is 1. The van der Waals surface area contributed by atoms with Crippen LogP contribution in [0.25, 0.3) is 10.9 Å². The summed E-state index contributed by atoms with van der Waals surface area (Å²) in [5, 5.41) is 26.4. The molecule has 202 valence electrons. The predicted octanol–water partition coefficient (Wildman–Crippen LogP) is 5.94. The largest absolute Gasteiger partial charge is 0.486 e. The number of hydrogen-bond donors (Lipinski definition) is 2. The van der Waals surface area contributed by atoms with Gasteiger partial charge in [0.1, 0.15) is 24.5 Å². The summed E-state index contributed by atoms with van der Waals surface area (Å²) < 4.78 is 5.81. The number of carbonyl (C=O) groups is 1. The zero-order valence-electron chi connectivity index (χ0n) is 22.5. The SMILES string of the molecule is Cc1cc2ncc(C#N)c(Nc3ccc(OCc4ncccc4C#N)c(Cl)c3)c2cc1NC(=O)CCCN(C)C. The maximum atomic E-state index is 12.6. The van der Waals surface area contributed by atoms with Crippen molar-refractivity contribution in [3.8, 4) is 17.9 Å². The number of anilines is 3. The maximum Gasteiger partial charge on any atom is 0.224 e. The minimum absolute atomic E-state index is 0.0711. The summed E-state index contributed by atoms with van der Waals surface area (Å²) >= 11 is 6.51. The van der Waals surface area contributed by atoms with E-state index >= 15 is 0 Å². The highest BCUT2D eigenvalue weighted by Gasteiger charge is 2.15. The average molecular weight is 554 g/mol. The van der Waals surface area contributed by atoms with Crippen LogP contribution in [0.3, 0.4) is 0 Å². The number of pyridine rings is 2. The van der Waals surface area contributed by atoms with Gasteiger partial charge in [0.2, 0.25) is 5.91 Å². The maximum absolute atomic E-state index is 12.6. The lowest BCUT2D eigenvalue weighted by molar-refractivity contribution is -0.116. The Labute approximate surface area is 238 Å². The first-order valence-corrected chi connectivity index (χ1v) is 13.0. The van der Waals surface area contributed by atoms with Crippen molar-refractivity contribution in [1.29, 1.82) is 10.5 Å². The van der Waals surface area contributed by atoms with Crippen LogP contribution >= 0.6 is 11.6 Å². The van der Waals surface area contributed by atoms with Crippen LogP contribution in [0, 0.1) is 29.6 Å². The lowest BCUT2D eigenvalue weighted by atomic mass is 10.0. The van der Waals surface area contributed by atoms with Crippen LogP contribution in [0.1, 0.15) is 35.2 Å². The van der Waals surface area contributed by atoms with Gasteiger partial charge in [-0.3, -0.25) is 14.8 Å². The number of nitrogens with zero attached hydrogens (tertiary/aromatic N) is 5. The molecule has 2 heterocycles. The number of benzene rings is 2. The summed E-state index contributed by atoms with van der Waals surface area (Å²) in [6.45, 7) is 2.82. The summed E-state index contributed by atoms with van der Waals surface area (Å²) in [5.74, 6) is 0.356. The van der Waals surface area contributed by atoms with Crippen LogP contribution in [-0.2, 0) is 11.4 Å². The average Bonchev–Trinajstić information content (AvgIpc) is 2.93. The number of nitriles is 2. The molecule has 4 rings (SSSR count). The van der Waals surface area contributed by atoms with Crippen LogP contribution in [0.2, 0.25) is 5.02 Å². The molecule has 0 aliphatic carbocycles. The van der Waals surface area contributed by atoms with E-state index in [0.717, 1.165) is 18.5 Å². The number of nitrogens with one attached hydrogen (secondary N) is 2. The molecule has 1 amide bonds. The summed E-state index contributed by atoms with van der Waals surface area (Å²) in [6, 6.07) is 16.5. The Morgan fingerprint density at radius 1 is 1.10 bits per heavy atom. The Hall–Kier alpha value is -4.70. The minimum Gasteiger partial charge on any atom is -0.486 e. The normalized spacial score (nSPS) is 10.7. The first-order valence-electron chi connectivity index (χ1n) is 12.6. The summed E-state index contributed by atoms with van der Waals surface area (Å²) in [4.78, 5) is 23.3. The number of fused-ring (bicyclic) bond motifs is 1. The van der Waals surface area contributed by atoms with E-state index in [2.05, 4.69) is 32.7 Å². The van der Waals surface area contributed by atoms with E-state index in [4.69, 9.17) is 16.3 Å². The smallest absolute Gasteiger partial charge is 0.224 e. The monoisotopic (exact) mass is 553 g/mol. The number of ether oxygens (including phenoxy) is 1. The Kier molecular flexibility index (Phi) is 9.13. The molecule has 2 aromatic heterocycles. The van der Waals surface area contributed by atoms with Gasteiger partial charge in [0.15, 0.2) is 0 Å². The highest BCUT2D eigenvalue weighted by molar-refractivity contribution is 6.32. The molecule has 40 heavy (non-hydrogen) atoms. The molecule has 0 saturated carbocycles. The third-order valence-corrected chi connectivity index (χ3v) is 6.49. The fourth-order valence-corrected chi connectivity index (χ4v) is 4.34. The van der Waals surface area contributed by atoms with Gasteiger partial charge in [-0.25, -0.2) is 0 Å². The molecule has 2 aromatic carbocycles. The van der Waals surface area contributed by atoms with E-state index in [0.29, 0.717) is 62.0 Å². The van der Waals surface area contributed by atoms with Gasteiger partial charge in [0, 0.05) is 35.6 Å². The second-order valence-corrected chi connectivity index (χ2v) is 9.87. The number of rotatable bonds is 10. The Bertz CT molecular complexity index is 1640. The van der Waals surface area contributed by atoms with Gasteiger partial charge in [-0.15, -0.1) is 0 Å². The van der Waals surface area contributed by atoms with Crippen LogP contribution in [0.15, 0.2) is 54.9 Å².